The zero-order valence-corrected chi connectivity index (χ0v) is 17.9. The summed E-state index contributed by atoms with van der Waals surface area (Å²) in [6.07, 6.45) is 0.885. The second-order valence-corrected chi connectivity index (χ2v) is 8.92. The molecule has 0 saturated heterocycles. The molecule has 0 aliphatic heterocycles. The van der Waals surface area contributed by atoms with Gasteiger partial charge in [0.05, 0.1) is 17.2 Å². The molecule has 8 nitrogen and oxygen atoms in total. The smallest absolute Gasteiger partial charge is 0.303 e. The van der Waals surface area contributed by atoms with E-state index in [0.29, 0.717) is 24.1 Å². The van der Waals surface area contributed by atoms with E-state index in [2.05, 4.69) is 0 Å². The predicted octanol–water partition coefficient (Wildman–Crippen LogP) is 4.40. The van der Waals surface area contributed by atoms with Gasteiger partial charge in [0.25, 0.3) is 15.7 Å². The summed E-state index contributed by atoms with van der Waals surface area (Å²) >= 11 is 0. The highest BCUT2D eigenvalue weighted by Crippen LogP contribution is 2.31. The normalized spacial score (nSPS) is 11.1. The first-order chi connectivity index (χ1) is 15.3. The highest BCUT2D eigenvalue weighted by atomic mass is 32.2. The van der Waals surface area contributed by atoms with Gasteiger partial charge in [-0.05, 0) is 42.2 Å². The van der Waals surface area contributed by atoms with E-state index in [-0.39, 0.29) is 13.0 Å². The van der Waals surface area contributed by atoms with Crippen LogP contribution in [-0.2, 0) is 27.8 Å². The van der Waals surface area contributed by atoms with Gasteiger partial charge in [-0.2, -0.15) is 0 Å². The molecule has 0 fully saturated rings. The number of carboxylic acids is 1. The van der Waals surface area contributed by atoms with E-state index in [0.717, 1.165) is 15.9 Å². The van der Waals surface area contributed by atoms with Crippen LogP contribution in [0, 0.1) is 10.1 Å². The van der Waals surface area contributed by atoms with Gasteiger partial charge in [-0.25, -0.2) is 8.42 Å². The number of hydrogen-bond donors (Lipinski definition) is 1. The lowest BCUT2D eigenvalue weighted by molar-refractivity contribution is -0.387. The third-order valence-corrected chi connectivity index (χ3v) is 6.76. The molecule has 0 atom stereocenters. The molecule has 0 aromatic heterocycles. The number of nitro benzene ring substituents is 1. The molecule has 3 aromatic carbocycles. The fraction of sp³-hybridized carbons (Fsp3) is 0.174. The van der Waals surface area contributed by atoms with Gasteiger partial charge in [-0.1, -0.05) is 54.6 Å². The zero-order chi connectivity index (χ0) is 23.1. The Morgan fingerprint density at radius 3 is 2.16 bits per heavy atom. The molecule has 3 rings (SSSR count). The Bertz CT molecular complexity index is 1210. The number of aliphatic carboxylic acids is 1. The fourth-order valence-electron chi connectivity index (χ4n) is 3.39. The highest BCUT2D eigenvalue weighted by Gasteiger charge is 2.32. The number of benzene rings is 3. The van der Waals surface area contributed by atoms with E-state index in [9.17, 15) is 23.3 Å². The van der Waals surface area contributed by atoms with E-state index in [1.165, 1.54) is 18.2 Å². The lowest BCUT2D eigenvalue weighted by atomic mass is 10.0. The van der Waals surface area contributed by atoms with Crippen LogP contribution in [0.3, 0.4) is 0 Å². The largest absolute Gasteiger partial charge is 0.481 e. The van der Waals surface area contributed by atoms with Gasteiger partial charge in [0, 0.05) is 12.5 Å². The number of para-hydroxylation sites is 2. The summed E-state index contributed by atoms with van der Waals surface area (Å²) in [4.78, 5) is 21.3. The lowest BCUT2D eigenvalue weighted by Crippen LogP contribution is -2.31. The van der Waals surface area contributed by atoms with Crippen LogP contribution < -0.4 is 4.31 Å². The van der Waals surface area contributed by atoms with Crippen LogP contribution >= 0.6 is 0 Å². The number of aryl methyl sites for hydroxylation is 1. The zero-order valence-electron chi connectivity index (χ0n) is 17.1. The second-order valence-electron chi connectivity index (χ2n) is 7.09. The third kappa shape index (κ3) is 5.30. The SMILES string of the molecule is O=C(O)CCCc1ccccc1CN(c1ccccc1)S(=O)(=O)c1ccccc1[N+](=O)[O-]. The van der Waals surface area contributed by atoms with Crippen LogP contribution in [-0.4, -0.2) is 24.4 Å². The van der Waals surface area contributed by atoms with Crippen molar-refractivity contribution in [2.24, 2.45) is 0 Å². The first kappa shape index (κ1) is 23.0. The van der Waals surface area contributed by atoms with Gasteiger partial charge >= 0.3 is 5.97 Å². The predicted molar refractivity (Wildman–Crippen MR) is 120 cm³/mol. The van der Waals surface area contributed by atoms with E-state index < -0.39 is 31.5 Å². The van der Waals surface area contributed by atoms with E-state index in [1.807, 2.05) is 12.1 Å². The average molecular weight is 455 g/mol. The molecule has 0 aliphatic carbocycles. The van der Waals surface area contributed by atoms with Gasteiger partial charge in [0.1, 0.15) is 0 Å². The Hall–Kier alpha value is -3.72. The van der Waals surface area contributed by atoms with Crippen molar-refractivity contribution in [3.05, 3.63) is 100 Å². The number of hydrogen-bond acceptors (Lipinski definition) is 5. The third-order valence-electron chi connectivity index (χ3n) is 4.94. The number of nitro groups is 1. The molecule has 3 aromatic rings. The van der Waals surface area contributed by atoms with Crippen molar-refractivity contribution in [1.82, 2.24) is 0 Å². The van der Waals surface area contributed by atoms with Crippen molar-refractivity contribution >= 4 is 27.4 Å². The van der Waals surface area contributed by atoms with Crippen LogP contribution in [0.5, 0.6) is 0 Å². The molecule has 32 heavy (non-hydrogen) atoms. The summed E-state index contributed by atoms with van der Waals surface area (Å²) in [5, 5.41) is 20.4. The minimum atomic E-state index is -4.28. The molecular weight excluding hydrogens is 432 g/mol. The van der Waals surface area contributed by atoms with Crippen LogP contribution in [0.25, 0.3) is 0 Å². The summed E-state index contributed by atoms with van der Waals surface area (Å²) in [7, 11) is -4.28. The molecular formula is C23H22N2O6S. The number of carbonyl (C=O) groups is 1. The Balaban J connectivity index is 2.05. The molecule has 0 aliphatic rings. The lowest BCUT2D eigenvalue weighted by Gasteiger charge is -2.25. The summed E-state index contributed by atoms with van der Waals surface area (Å²) < 4.78 is 28.4. The molecule has 0 saturated carbocycles. The number of sulfonamides is 1. The maximum absolute atomic E-state index is 13.6. The first-order valence-corrected chi connectivity index (χ1v) is 11.3. The number of carboxylic acid groups (broad SMARTS) is 1. The van der Waals surface area contributed by atoms with Crippen LogP contribution in [0.1, 0.15) is 24.0 Å². The van der Waals surface area contributed by atoms with Crippen molar-refractivity contribution < 1.29 is 23.2 Å². The molecule has 0 radical (unpaired) electrons. The van der Waals surface area contributed by atoms with Gasteiger partial charge in [0.15, 0.2) is 4.90 Å². The minimum absolute atomic E-state index is 0.00520. The minimum Gasteiger partial charge on any atom is -0.481 e. The molecule has 0 heterocycles. The van der Waals surface area contributed by atoms with Crippen LogP contribution in [0.4, 0.5) is 11.4 Å². The number of anilines is 1. The van der Waals surface area contributed by atoms with Crippen molar-refractivity contribution in [3.8, 4) is 0 Å². The van der Waals surface area contributed by atoms with E-state index >= 15 is 0 Å². The van der Waals surface area contributed by atoms with Crippen molar-refractivity contribution in [2.45, 2.75) is 30.7 Å². The van der Waals surface area contributed by atoms with E-state index in [4.69, 9.17) is 5.11 Å². The summed E-state index contributed by atoms with van der Waals surface area (Å²) in [6.45, 7) is -0.0539. The molecule has 166 valence electrons. The first-order valence-electron chi connectivity index (χ1n) is 9.90. The molecule has 0 bridgehead atoms. The quantitative estimate of drug-likeness (QED) is 0.358. The van der Waals surface area contributed by atoms with Crippen molar-refractivity contribution in [2.75, 3.05) is 4.31 Å². The van der Waals surface area contributed by atoms with E-state index in [1.54, 1.807) is 42.5 Å². The van der Waals surface area contributed by atoms with Crippen molar-refractivity contribution in [1.29, 1.82) is 0 Å². The average Bonchev–Trinajstić information content (AvgIpc) is 2.78. The van der Waals surface area contributed by atoms with Crippen molar-refractivity contribution in [3.63, 3.8) is 0 Å². The van der Waals surface area contributed by atoms with Gasteiger partial charge in [-0.3, -0.25) is 19.2 Å². The van der Waals surface area contributed by atoms with Gasteiger partial charge < -0.3 is 5.11 Å². The maximum Gasteiger partial charge on any atom is 0.303 e. The molecule has 0 amide bonds. The topological polar surface area (TPSA) is 118 Å². The number of nitrogens with zero attached hydrogens (tertiary/aromatic N) is 2. The van der Waals surface area contributed by atoms with Gasteiger partial charge in [0.2, 0.25) is 0 Å². The maximum atomic E-state index is 13.6. The summed E-state index contributed by atoms with van der Waals surface area (Å²) in [5.41, 5.74) is 1.39. The van der Waals surface area contributed by atoms with Gasteiger partial charge in [-0.15, -0.1) is 0 Å². The monoisotopic (exact) mass is 454 g/mol. The molecule has 0 spiro atoms. The molecule has 1 N–H and O–H groups in total. The second kappa shape index (κ2) is 10.1. The Morgan fingerprint density at radius 1 is 0.906 bits per heavy atom. The Kier molecular flexibility index (Phi) is 7.21. The summed E-state index contributed by atoms with van der Waals surface area (Å²) in [6, 6.07) is 20.8. The standard InChI is InChI=1S/C23H22N2O6S/c26-23(27)16-8-11-18-9-4-5-10-19(18)17-24(20-12-2-1-3-13-20)32(30,31)22-15-7-6-14-21(22)25(28)29/h1-7,9-10,12-15H,8,11,16-17H2,(H,26,27). The molecule has 9 heteroatoms. The van der Waals surface area contributed by atoms with Crippen LogP contribution in [0.2, 0.25) is 0 Å². The molecule has 0 unspecified atom stereocenters. The fourth-order valence-corrected chi connectivity index (χ4v) is 5.00. The Labute approximate surface area is 185 Å². The van der Waals surface area contributed by atoms with Crippen LogP contribution in [0.15, 0.2) is 83.8 Å². The highest BCUT2D eigenvalue weighted by molar-refractivity contribution is 7.93. The Morgan fingerprint density at radius 2 is 1.50 bits per heavy atom. The summed E-state index contributed by atoms with van der Waals surface area (Å²) in [5.74, 6) is -0.896. The number of rotatable bonds is 10.